The van der Waals surface area contributed by atoms with Crippen LogP contribution in [0, 0.1) is 0 Å². The van der Waals surface area contributed by atoms with Gasteiger partial charge in [0.1, 0.15) is 0 Å². The normalized spacial score (nSPS) is 17.9. The van der Waals surface area contributed by atoms with Gasteiger partial charge in [-0.3, -0.25) is 4.79 Å². The number of carbonyl (C=O) groups is 1. The fourth-order valence-corrected chi connectivity index (χ4v) is 2.69. The van der Waals surface area contributed by atoms with E-state index in [1.165, 1.54) is 0 Å². The van der Waals surface area contributed by atoms with Crippen LogP contribution in [0.2, 0.25) is 0 Å². The topological polar surface area (TPSA) is 41.1 Å². The van der Waals surface area contributed by atoms with Gasteiger partial charge in [-0.05, 0) is 37.9 Å². The van der Waals surface area contributed by atoms with Crippen molar-refractivity contribution >= 4 is 5.91 Å². The molecule has 1 aliphatic rings. The average molecular weight is 260 g/mol. The van der Waals surface area contributed by atoms with Crippen LogP contribution in [0.3, 0.4) is 0 Å². The lowest BCUT2D eigenvalue weighted by Crippen LogP contribution is -2.44. The van der Waals surface area contributed by atoms with Crippen LogP contribution in [0.25, 0.3) is 0 Å². The van der Waals surface area contributed by atoms with Crippen molar-refractivity contribution in [2.24, 2.45) is 0 Å². The smallest absolute Gasteiger partial charge is 0.227 e. The van der Waals surface area contributed by atoms with Crippen LogP contribution < -0.4 is 10.6 Å². The van der Waals surface area contributed by atoms with Crippen LogP contribution in [0.4, 0.5) is 0 Å². The standard InChI is InChI=1S/C16H24N2O/c1-2-6-15(13-7-4-3-5-8-13)16(19)18-14-9-11-17-12-10-14/h3-5,7-8,14-15,17H,2,6,9-12H2,1H3,(H,18,19). The van der Waals surface area contributed by atoms with Crippen molar-refractivity contribution in [3.8, 4) is 0 Å². The van der Waals surface area contributed by atoms with Gasteiger partial charge in [-0.25, -0.2) is 0 Å². The summed E-state index contributed by atoms with van der Waals surface area (Å²) in [4.78, 5) is 12.5. The lowest BCUT2D eigenvalue weighted by atomic mass is 9.93. The van der Waals surface area contributed by atoms with Crippen molar-refractivity contribution in [2.75, 3.05) is 13.1 Å². The van der Waals surface area contributed by atoms with Gasteiger partial charge in [-0.1, -0.05) is 43.7 Å². The highest BCUT2D eigenvalue weighted by atomic mass is 16.1. The predicted octanol–water partition coefficient (Wildman–Crippen LogP) is 2.44. The Bertz CT molecular complexity index is 385. The van der Waals surface area contributed by atoms with E-state index in [0.29, 0.717) is 6.04 Å². The number of benzene rings is 1. The maximum absolute atomic E-state index is 12.5. The molecule has 0 aromatic heterocycles. The van der Waals surface area contributed by atoms with E-state index in [0.717, 1.165) is 44.3 Å². The summed E-state index contributed by atoms with van der Waals surface area (Å²) < 4.78 is 0. The molecular weight excluding hydrogens is 236 g/mol. The fraction of sp³-hybridized carbons (Fsp3) is 0.562. The summed E-state index contributed by atoms with van der Waals surface area (Å²) in [6.07, 6.45) is 4.03. The van der Waals surface area contributed by atoms with Crippen molar-refractivity contribution < 1.29 is 4.79 Å². The third-order valence-electron chi connectivity index (χ3n) is 3.78. The number of hydrogen-bond acceptors (Lipinski definition) is 2. The maximum atomic E-state index is 12.5. The first-order valence-corrected chi connectivity index (χ1v) is 7.37. The SMILES string of the molecule is CCCC(C(=O)NC1CCNCC1)c1ccccc1. The quantitative estimate of drug-likeness (QED) is 0.854. The molecule has 104 valence electrons. The third kappa shape index (κ3) is 4.06. The van der Waals surface area contributed by atoms with Crippen LogP contribution in [-0.4, -0.2) is 25.0 Å². The van der Waals surface area contributed by atoms with Gasteiger partial charge >= 0.3 is 0 Å². The fourth-order valence-electron chi connectivity index (χ4n) is 2.69. The molecule has 19 heavy (non-hydrogen) atoms. The van der Waals surface area contributed by atoms with E-state index in [1.54, 1.807) is 0 Å². The molecule has 0 saturated carbocycles. The summed E-state index contributed by atoms with van der Waals surface area (Å²) in [6, 6.07) is 10.5. The molecule has 2 rings (SSSR count). The maximum Gasteiger partial charge on any atom is 0.227 e. The number of piperidine rings is 1. The summed E-state index contributed by atoms with van der Waals surface area (Å²) in [6.45, 7) is 4.15. The Morgan fingerprint density at radius 3 is 2.63 bits per heavy atom. The molecule has 1 amide bonds. The van der Waals surface area contributed by atoms with Gasteiger partial charge in [0, 0.05) is 6.04 Å². The van der Waals surface area contributed by atoms with Gasteiger partial charge in [0.15, 0.2) is 0 Å². The molecule has 1 unspecified atom stereocenters. The van der Waals surface area contributed by atoms with E-state index >= 15 is 0 Å². The Balaban J connectivity index is 1.99. The van der Waals surface area contributed by atoms with E-state index in [-0.39, 0.29) is 11.8 Å². The monoisotopic (exact) mass is 260 g/mol. The van der Waals surface area contributed by atoms with Crippen LogP contribution in [0.15, 0.2) is 30.3 Å². The van der Waals surface area contributed by atoms with Gasteiger partial charge in [0.2, 0.25) is 5.91 Å². The second-order valence-corrected chi connectivity index (χ2v) is 5.28. The first-order valence-electron chi connectivity index (χ1n) is 7.37. The Hall–Kier alpha value is -1.35. The highest BCUT2D eigenvalue weighted by Crippen LogP contribution is 2.22. The van der Waals surface area contributed by atoms with Crippen molar-refractivity contribution in [1.82, 2.24) is 10.6 Å². The van der Waals surface area contributed by atoms with Crippen molar-refractivity contribution in [3.63, 3.8) is 0 Å². The number of nitrogens with one attached hydrogen (secondary N) is 2. The van der Waals surface area contributed by atoms with Gasteiger partial charge in [-0.15, -0.1) is 0 Å². The highest BCUT2D eigenvalue weighted by Gasteiger charge is 2.23. The van der Waals surface area contributed by atoms with Crippen LogP contribution in [0.1, 0.15) is 44.1 Å². The van der Waals surface area contributed by atoms with Gasteiger partial charge < -0.3 is 10.6 Å². The van der Waals surface area contributed by atoms with Crippen LogP contribution >= 0.6 is 0 Å². The number of hydrogen-bond donors (Lipinski definition) is 2. The summed E-state index contributed by atoms with van der Waals surface area (Å²) >= 11 is 0. The van der Waals surface area contributed by atoms with E-state index in [1.807, 2.05) is 18.2 Å². The van der Waals surface area contributed by atoms with Crippen molar-refractivity contribution in [2.45, 2.75) is 44.6 Å². The molecule has 1 heterocycles. The van der Waals surface area contributed by atoms with Crippen LogP contribution in [0.5, 0.6) is 0 Å². The van der Waals surface area contributed by atoms with Crippen molar-refractivity contribution in [3.05, 3.63) is 35.9 Å². The molecule has 1 aliphatic heterocycles. The lowest BCUT2D eigenvalue weighted by molar-refractivity contribution is -0.123. The molecule has 1 aromatic rings. The minimum Gasteiger partial charge on any atom is -0.353 e. The molecule has 0 bridgehead atoms. The van der Waals surface area contributed by atoms with Crippen LogP contribution in [-0.2, 0) is 4.79 Å². The molecule has 2 N–H and O–H groups in total. The van der Waals surface area contributed by atoms with E-state index in [9.17, 15) is 4.79 Å². The van der Waals surface area contributed by atoms with E-state index in [4.69, 9.17) is 0 Å². The minimum atomic E-state index is 0.00101. The second kappa shape index (κ2) is 7.29. The minimum absolute atomic E-state index is 0.00101. The number of carbonyl (C=O) groups excluding carboxylic acids is 1. The van der Waals surface area contributed by atoms with Gasteiger partial charge in [-0.2, -0.15) is 0 Å². The number of rotatable bonds is 5. The molecule has 1 saturated heterocycles. The molecule has 1 fully saturated rings. The molecule has 3 heteroatoms. The van der Waals surface area contributed by atoms with Gasteiger partial charge in [0.25, 0.3) is 0 Å². The molecule has 1 atom stereocenters. The second-order valence-electron chi connectivity index (χ2n) is 5.28. The Morgan fingerprint density at radius 2 is 2.00 bits per heavy atom. The molecule has 0 radical (unpaired) electrons. The predicted molar refractivity (Wildman–Crippen MR) is 78.1 cm³/mol. The van der Waals surface area contributed by atoms with E-state index in [2.05, 4.69) is 29.7 Å². The summed E-state index contributed by atoms with van der Waals surface area (Å²) in [5, 5.41) is 6.55. The first kappa shape index (κ1) is 14.1. The third-order valence-corrected chi connectivity index (χ3v) is 3.78. The molecule has 0 aliphatic carbocycles. The molecular formula is C16H24N2O. The number of amides is 1. The lowest BCUT2D eigenvalue weighted by Gasteiger charge is -2.26. The molecule has 0 spiro atoms. The Kier molecular flexibility index (Phi) is 5.40. The molecule has 1 aromatic carbocycles. The largest absolute Gasteiger partial charge is 0.353 e. The Morgan fingerprint density at radius 1 is 1.32 bits per heavy atom. The summed E-state index contributed by atoms with van der Waals surface area (Å²) in [5.41, 5.74) is 1.13. The summed E-state index contributed by atoms with van der Waals surface area (Å²) in [5.74, 6) is 0.195. The average Bonchev–Trinajstić information content (AvgIpc) is 2.46. The van der Waals surface area contributed by atoms with E-state index < -0.39 is 0 Å². The van der Waals surface area contributed by atoms with Crippen molar-refractivity contribution in [1.29, 1.82) is 0 Å². The zero-order valence-electron chi connectivity index (χ0n) is 11.7. The summed E-state index contributed by atoms with van der Waals surface area (Å²) in [7, 11) is 0. The molecule has 3 nitrogen and oxygen atoms in total. The zero-order chi connectivity index (χ0) is 13.5. The zero-order valence-corrected chi connectivity index (χ0v) is 11.7. The first-order chi connectivity index (χ1) is 9.31. The van der Waals surface area contributed by atoms with Gasteiger partial charge in [0.05, 0.1) is 5.92 Å². The highest BCUT2D eigenvalue weighted by molar-refractivity contribution is 5.83. The Labute approximate surface area is 115 Å².